The smallest absolute Gasteiger partial charge is 0.422 e. The van der Waals surface area contributed by atoms with E-state index in [1.165, 1.54) is 47.2 Å². The summed E-state index contributed by atoms with van der Waals surface area (Å²) in [5.74, 6) is 0.472. The number of ether oxygens (including phenoxy) is 6. The number of allylic oxidation sites excluding steroid dienone is 2. The molecule has 8 aromatic rings. The maximum atomic E-state index is 13.9. The number of carbonyl (C=O) groups is 4. The summed E-state index contributed by atoms with van der Waals surface area (Å²) in [5, 5.41) is 14.5. The molecule has 0 saturated carbocycles. The summed E-state index contributed by atoms with van der Waals surface area (Å²) in [5.41, 5.74) is 9.60. The number of nitrogen functional groups attached to an aromatic ring is 1. The van der Waals surface area contributed by atoms with Crippen LogP contribution in [0.4, 0.5) is 65.2 Å². The third-order valence-electron chi connectivity index (χ3n) is 14.7. The Kier molecular flexibility index (Phi) is 23.5. The highest BCUT2D eigenvalue weighted by Gasteiger charge is 2.35. The minimum Gasteiger partial charge on any atom is -0.494 e. The van der Waals surface area contributed by atoms with E-state index in [0.717, 1.165) is 37.8 Å². The number of benzene rings is 4. The number of hydrogen-bond donors (Lipinski definition) is 1. The molecular weight excluding hydrogens is 1250 g/mol. The number of fused-ring (bicyclic) bond motifs is 2. The average Bonchev–Trinajstić information content (AvgIpc) is 1.33. The molecule has 98 heavy (non-hydrogen) atoms. The van der Waals surface area contributed by atoms with Crippen LogP contribution in [0.5, 0.6) is 11.5 Å². The molecule has 522 valence electrons. The molecular formula is C72H92N14O12. The predicted molar refractivity (Wildman–Crippen MR) is 384 cm³/mol. The van der Waals surface area contributed by atoms with Crippen molar-refractivity contribution in [3.8, 4) is 34.0 Å². The summed E-state index contributed by atoms with van der Waals surface area (Å²) in [7, 11) is 9.68. The molecule has 26 heteroatoms. The van der Waals surface area contributed by atoms with E-state index in [9.17, 15) is 29.3 Å². The molecule has 0 aliphatic carbocycles. The summed E-state index contributed by atoms with van der Waals surface area (Å²) in [6, 6.07) is 25.5. The molecule has 0 spiro atoms. The lowest BCUT2D eigenvalue weighted by molar-refractivity contribution is -0.384. The Morgan fingerprint density at radius 2 is 0.898 bits per heavy atom. The van der Waals surface area contributed by atoms with Crippen molar-refractivity contribution in [2.75, 3.05) is 93.9 Å². The van der Waals surface area contributed by atoms with E-state index in [-0.39, 0.29) is 47.8 Å². The van der Waals surface area contributed by atoms with Gasteiger partial charge in [-0.15, -0.1) is 13.2 Å². The predicted octanol–water partition coefficient (Wildman–Crippen LogP) is 14.8. The zero-order valence-corrected chi connectivity index (χ0v) is 59.5. The Balaban J connectivity index is 0.000000276. The molecule has 0 aliphatic heterocycles. The fourth-order valence-corrected chi connectivity index (χ4v) is 10.2. The van der Waals surface area contributed by atoms with Crippen molar-refractivity contribution in [2.45, 2.75) is 119 Å². The number of anilines is 7. The van der Waals surface area contributed by atoms with Crippen LogP contribution in [-0.4, -0.2) is 159 Å². The number of aromatic nitrogens is 6. The van der Waals surface area contributed by atoms with Crippen LogP contribution >= 0.6 is 0 Å². The topological polar surface area (TPSA) is 274 Å². The minimum atomic E-state index is -0.926. The normalized spacial score (nSPS) is 11.6. The SMILES string of the molecule is C=CCn1cc(-c2ccnc(N(C(=O)OC(C)(C)C)c3cc(N)c(N(C)CCN(C)C(=O)OC(C)(C)C)cc3OC)n2)c2ccccc21.C=CCn1cc(-c2ccnc(N(C(=O)OC(C)(C)C)c3cc([N+](=O)[O-])c(N(C)CCN(C)C(=O)OC(C)(C)C)cc3OC)n2)c2ccccc21. The van der Waals surface area contributed by atoms with E-state index < -0.39 is 51.7 Å². The van der Waals surface area contributed by atoms with E-state index in [2.05, 4.69) is 27.7 Å². The summed E-state index contributed by atoms with van der Waals surface area (Å²) in [6.07, 6.45) is 8.21. The molecule has 0 radical (unpaired) electrons. The van der Waals surface area contributed by atoms with Gasteiger partial charge < -0.3 is 62.9 Å². The lowest BCUT2D eigenvalue weighted by Crippen LogP contribution is -2.38. The minimum absolute atomic E-state index is 0.00251. The molecule has 26 nitrogen and oxygen atoms in total. The van der Waals surface area contributed by atoms with Crippen LogP contribution in [0.3, 0.4) is 0 Å². The molecule has 2 N–H and O–H groups in total. The lowest BCUT2D eigenvalue weighted by Gasteiger charge is -2.29. The highest BCUT2D eigenvalue weighted by atomic mass is 16.6. The second-order valence-electron chi connectivity index (χ2n) is 27.1. The van der Waals surface area contributed by atoms with Crippen LogP contribution in [-0.2, 0) is 32.0 Å². The molecule has 8 rings (SSSR count). The third kappa shape index (κ3) is 18.8. The number of amides is 4. The Bertz CT molecular complexity index is 4210. The fourth-order valence-electron chi connectivity index (χ4n) is 10.2. The number of para-hydroxylation sites is 2. The molecule has 0 saturated heterocycles. The van der Waals surface area contributed by atoms with Gasteiger partial charge in [0.2, 0.25) is 11.9 Å². The number of methoxy groups -OCH3 is 2. The largest absolute Gasteiger partial charge is 0.494 e. The van der Waals surface area contributed by atoms with Gasteiger partial charge in [0.25, 0.3) is 5.69 Å². The molecule has 4 aromatic carbocycles. The number of likely N-dealkylation sites (N-methyl/N-ethyl adjacent to an activating group) is 4. The van der Waals surface area contributed by atoms with Gasteiger partial charge >= 0.3 is 24.4 Å². The van der Waals surface area contributed by atoms with Gasteiger partial charge in [-0.05, 0) is 113 Å². The molecule has 4 aromatic heterocycles. The number of nitro benzene ring substituents is 1. The monoisotopic (exact) mass is 1340 g/mol. The number of carbonyl (C=O) groups excluding carboxylic acids is 4. The molecule has 0 fully saturated rings. The van der Waals surface area contributed by atoms with E-state index in [1.807, 2.05) is 104 Å². The summed E-state index contributed by atoms with van der Waals surface area (Å²) >= 11 is 0. The molecule has 0 atom stereocenters. The summed E-state index contributed by atoms with van der Waals surface area (Å²) in [4.78, 5) is 92.1. The zero-order chi connectivity index (χ0) is 72.4. The van der Waals surface area contributed by atoms with Gasteiger partial charge in [0.15, 0.2) is 0 Å². The molecule has 0 unspecified atom stereocenters. The first kappa shape index (κ1) is 74.5. The second kappa shape index (κ2) is 30.9. The lowest BCUT2D eigenvalue weighted by atomic mass is 10.1. The Morgan fingerprint density at radius 1 is 0.531 bits per heavy atom. The number of hydrogen-bond acceptors (Lipinski definition) is 19. The van der Waals surface area contributed by atoms with E-state index in [1.54, 1.807) is 125 Å². The maximum absolute atomic E-state index is 13.9. The van der Waals surface area contributed by atoms with E-state index in [0.29, 0.717) is 60.4 Å². The quantitative estimate of drug-likeness (QED) is 0.0230. The maximum Gasteiger partial charge on any atom is 0.422 e. The highest BCUT2D eigenvalue weighted by molar-refractivity contribution is 6.01. The van der Waals surface area contributed by atoms with Gasteiger partial charge in [-0.25, -0.2) is 48.9 Å². The zero-order valence-electron chi connectivity index (χ0n) is 59.5. The van der Waals surface area contributed by atoms with Crippen molar-refractivity contribution in [1.29, 1.82) is 0 Å². The van der Waals surface area contributed by atoms with Gasteiger partial charge in [-0.1, -0.05) is 48.6 Å². The summed E-state index contributed by atoms with van der Waals surface area (Å²) < 4.78 is 38.2. The number of nitro groups is 1. The molecule has 4 heterocycles. The average molecular weight is 1350 g/mol. The number of nitrogens with two attached hydrogens (primary N) is 1. The van der Waals surface area contributed by atoms with Crippen LogP contribution in [0.25, 0.3) is 44.3 Å². The first-order valence-electron chi connectivity index (χ1n) is 31.7. The van der Waals surface area contributed by atoms with Crippen LogP contribution in [0, 0.1) is 10.1 Å². The van der Waals surface area contributed by atoms with Gasteiger partial charge in [0.1, 0.15) is 45.3 Å². The third-order valence-corrected chi connectivity index (χ3v) is 14.7. The Morgan fingerprint density at radius 3 is 1.28 bits per heavy atom. The molecule has 4 amide bonds. The van der Waals surface area contributed by atoms with Gasteiger partial charge in [-0.3, -0.25) is 10.1 Å². The second-order valence-corrected chi connectivity index (χ2v) is 27.1. The van der Waals surface area contributed by atoms with Gasteiger partial charge in [-0.2, -0.15) is 0 Å². The molecule has 0 aliphatic rings. The summed E-state index contributed by atoms with van der Waals surface area (Å²) in [6.45, 7) is 31.5. The van der Waals surface area contributed by atoms with E-state index >= 15 is 0 Å². The van der Waals surface area contributed by atoms with Crippen LogP contribution in [0.2, 0.25) is 0 Å². The van der Waals surface area contributed by atoms with Crippen molar-refractivity contribution < 1.29 is 52.5 Å². The van der Waals surface area contributed by atoms with Crippen LogP contribution < -0.4 is 34.8 Å². The standard InChI is InChI=1S/C36H45N7O7.C36H47N7O5/c1-11-18-41-23-25(24-14-12-13-15-27(24)41)26-16-17-37-32(38-26)42(34(45)50-36(5,6)7)30-21-29(43(46)47)28(22-31(30)48-10)39(8)19-20-40(9)33(44)49-35(2,3)4;1-11-18-42-23-25(24-14-12-13-15-28(24)42)27-16-17-38-32(39-27)43(34(45)48-36(5,6)7)30-21-26(37)29(22-31(30)46-10)40(8)19-20-41(9)33(44)47-35(2,3)4/h11-17,21-23H,1,18-20H2,2-10H3;11-17,21-23H,1,18-20,37H2,2-10H3. The van der Waals surface area contributed by atoms with Crippen molar-refractivity contribution in [3.05, 3.63) is 145 Å². The van der Waals surface area contributed by atoms with Crippen molar-refractivity contribution in [2.24, 2.45) is 0 Å². The molecule has 0 bridgehead atoms. The van der Waals surface area contributed by atoms with Gasteiger partial charge in [0.05, 0.1) is 47.6 Å². The van der Waals surface area contributed by atoms with Crippen LogP contribution in [0.15, 0.2) is 135 Å². The number of rotatable bonds is 21. The van der Waals surface area contributed by atoms with Crippen LogP contribution in [0.1, 0.15) is 83.1 Å². The van der Waals surface area contributed by atoms with Crippen molar-refractivity contribution >= 4 is 92.2 Å². The Labute approximate surface area is 572 Å². The van der Waals surface area contributed by atoms with Crippen molar-refractivity contribution in [3.63, 3.8) is 0 Å². The first-order chi connectivity index (χ1) is 46.0. The van der Waals surface area contributed by atoms with Gasteiger partial charge in [0, 0.05) is 143 Å². The number of nitrogens with zero attached hydrogens (tertiary/aromatic N) is 13. The van der Waals surface area contributed by atoms with Crippen molar-refractivity contribution in [1.82, 2.24) is 38.9 Å². The van der Waals surface area contributed by atoms with E-state index in [4.69, 9.17) is 44.1 Å². The Hall–Kier alpha value is -10.9. The highest BCUT2D eigenvalue weighted by Crippen LogP contribution is 2.44. The first-order valence-corrected chi connectivity index (χ1v) is 31.7. The fraction of sp³-hybridized carbons (Fsp3) is 0.389.